The Hall–Kier alpha value is -1.33. The Balaban J connectivity index is 2.27. The van der Waals surface area contributed by atoms with E-state index in [0.717, 1.165) is 11.5 Å². The topological polar surface area (TPSA) is 49.8 Å². The van der Waals surface area contributed by atoms with Crippen LogP contribution >= 0.6 is 0 Å². The fourth-order valence-corrected chi connectivity index (χ4v) is 1.50. The van der Waals surface area contributed by atoms with Crippen molar-refractivity contribution in [3.63, 3.8) is 0 Å². The monoisotopic (exact) mass is 172 g/mol. The third-order valence-corrected chi connectivity index (χ3v) is 2.46. The largest absolute Gasteiger partial charge is 0.312 e. The van der Waals surface area contributed by atoms with Crippen molar-refractivity contribution in [2.45, 2.75) is 24.8 Å². The zero-order valence-electron chi connectivity index (χ0n) is 7.40. The Kier molecular flexibility index (Phi) is 2.03. The maximum Gasteiger partial charge on any atom is 0.118 e. The summed E-state index contributed by atoms with van der Waals surface area (Å²) >= 11 is 0. The quantitative estimate of drug-likeness (QED) is 0.742. The molecule has 0 heterocycles. The minimum absolute atomic E-state index is 0.473. The minimum atomic E-state index is -0.473. The number of nitrogens with zero attached hydrogens (tertiary/aromatic N) is 1. The van der Waals surface area contributed by atoms with E-state index >= 15 is 0 Å². The Bertz CT molecular complexity index is 347. The normalized spacial score (nSPS) is 17.8. The molecule has 0 bridgehead atoms. The summed E-state index contributed by atoms with van der Waals surface area (Å²) in [4.78, 5) is 0. The summed E-state index contributed by atoms with van der Waals surface area (Å²) in [6.07, 6.45) is 2.57. The summed E-state index contributed by atoms with van der Waals surface area (Å²) in [5.41, 5.74) is 7.90. The number of hydrogen-bond donors (Lipinski definition) is 1. The summed E-state index contributed by atoms with van der Waals surface area (Å²) in [5, 5.41) is 8.66. The number of hydrogen-bond acceptors (Lipinski definition) is 2. The molecule has 1 aliphatic rings. The summed E-state index contributed by atoms with van der Waals surface area (Å²) in [6.45, 7) is 0. The van der Waals surface area contributed by atoms with E-state index in [0.29, 0.717) is 0 Å². The first kappa shape index (κ1) is 8.28. The maximum absolute atomic E-state index is 8.66. The molecule has 1 unspecified atom stereocenters. The van der Waals surface area contributed by atoms with Gasteiger partial charge < -0.3 is 5.73 Å². The molecule has 0 aliphatic heterocycles. The van der Waals surface area contributed by atoms with E-state index < -0.39 is 6.04 Å². The molecule has 13 heavy (non-hydrogen) atoms. The zero-order valence-corrected chi connectivity index (χ0v) is 7.40. The van der Waals surface area contributed by atoms with Gasteiger partial charge in [0.05, 0.1) is 6.07 Å². The lowest BCUT2D eigenvalue weighted by Gasteiger charge is -2.04. The van der Waals surface area contributed by atoms with E-state index in [2.05, 4.69) is 12.1 Å². The van der Waals surface area contributed by atoms with E-state index in [4.69, 9.17) is 11.0 Å². The van der Waals surface area contributed by atoms with Crippen LogP contribution in [0.25, 0.3) is 0 Å². The van der Waals surface area contributed by atoms with E-state index in [1.165, 1.54) is 18.4 Å². The van der Waals surface area contributed by atoms with Crippen LogP contribution in [0, 0.1) is 11.3 Å². The Morgan fingerprint density at radius 3 is 2.85 bits per heavy atom. The second-order valence-electron chi connectivity index (χ2n) is 3.55. The third kappa shape index (κ3) is 1.71. The molecule has 0 amide bonds. The van der Waals surface area contributed by atoms with Crippen molar-refractivity contribution in [1.29, 1.82) is 5.26 Å². The Labute approximate surface area is 78.0 Å². The van der Waals surface area contributed by atoms with Gasteiger partial charge in [0.2, 0.25) is 0 Å². The molecule has 66 valence electrons. The molecule has 1 fully saturated rings. The molecule has 1 aromatic carbocycles. The second-order valence-corrected chi connectivity index (χ2v) is 3.55. The van der Waals surface area contributed by atoms with Crippen molar-refractivity contribution >= 4 is 0 Å². The predicted octanol–water partition coefficient (Wildman–Crippen LogP) is 2.09. The Morgan fingerprint density at radius 2 is 2.23 bits per heavy atom. The van der Waals surface area contributed by atoms with Gasteiger partial charge in [0.1, 0.15) is 6.04 Å². The number of benzene rings is 1. The third-order valence-electron chi connectivity index (χ3n) is 2.46. The van der Waals surface area contributed by atoms with E-state index in [9.17, 15) is 0 Å². The zero-order chi connectivity index (χ0) is 9.26. The summed E-state index contributed by atoms with van der Waals surface area (Å²) in [6, 6.07) is 9.65. The van der Waals surface area contributed by atoms with Gasteiger partial charge in [-0.1, -0.05) is 24.3 Å². The lowest BCUT2D eigenvalue weighted by Crippen LogP contribution is -2.07. The Morgan fingerprint density at radius 1 is 1.46 bits per heavy atom. The number of nitrogens with two attached hydrogens (primary N) is 1. The smallest absolute Gasteiger partial charge is 0.118 e. The SMILES string of the molecule is N#CC(N)c1cccc(C2CC2)c1. The van der Waals surface area contributed by atoms with Gasteiger partial charge in [-0.2, -0.15) is 5.26 Å². The van der Waals surface area contributed by atoms with Gasteiger partial charge in [0, 0.05) is 0 Å². The second kappa shape index (κ2) is 3.20. The van der Waals surface area contributed by atoms with Crippen LogP contribution in [-0.4, -0.2) is 0 Å². The minimum Gasteiger partial charge on any atom is -0.312 e. The van der Waals surface area contributed by atoms with Gasteiger partial charge in [-0.25, -0.2) is 0 Å². The first-order valence-electron chi connectivity index (χ1n) is 4.56. The van der Waals surface area contributed by atoms with Gasteiger partial charge in [0.25, 0.3) is 0 Å². The average Bonchev–Trinajstić information content (AvgIpc) is 3.00. The van der Waals surface area contributed by atoms with Crippen LogP contribution in [0.4, 0.5) is 0 Å². The highest BCUT2D eigenvalue weighted by atomic mass is 14.6. The molecule has 0 saturated heterocycles. The molecule has 1 aromatic rings. The molecule has 2 N–H and O–H groups in total. The standard InChI is InChI=1S/C11H12N2/c12-7-11(13)10-3-1-2-9(6-10)8-4-5-8/h1-3,6,8,11H,4-5,13H2. The summed E-state index contributed by atoms with van der Waals surface area (Å²) in [7, 11) is 0. The van der Waals surface area contributed by atoms with Crippen molar-refractivity contribution in [2.24, 2.45) is 5.73 Å². The molecule has 0 radical (unpaired) electrons. The van der Waals surface area contributed by atoms with Crippen molar-refractivity contribution in [3.8, 4) is 6.07 Å². The van der Waals surface area contributed by atoms with Crippen LogP contribution < -0.4 is 5.73 Å². The van der Waals surface area contributed by atoms with Crippen LogP contribution in [0.15, 0.2) is 24.3 Å². The first-order chi connectivity index (χ1) is 6.31. The van der Waals surface area contributed by atoms with Gasteiger partial charge in [-0.05, 0) is 29.9 Å². The maximum atomic E-state index is 8.66. The van der Waals surface area contributed by atoms with Crippen molar-refractivity contribution in [3.05, 3.63) is 35.4 Å². The molecule has 0 aromatic heterocycles. The summed E-state index contributed by atoms with van der Waals surface area (Å²) in [5.74, 6) is 0.728. The molecule has 2 rings (SSSR count). The fourth-order valence-electron chi connectivity index (χ4n) is 1.50. The average molecular weight is 172 g/mol. The molecule has 0 spiro atoms. The molecule has 1 atom stereocenters. The van der Waals surface area contributed by atoms with Crippen molar-refractivity contribution < 1.29 is 0 Å². The number of rotatable bonds is 2. The summed E-state index contributed by atoms with van der Waals surface area (Å²) < 4.78 is 0. The van der Waals surface area contributed by atoms with E-state index in [1.54, 1.807) is 0 Å². The fraction of sp³-hybridized carbons (Fsp3) is 0.364. The van der Waals surface area contributed by atoms with Crippen LogP contribution in [0.2, 0.25) is 0 Å². The molecule has 1 saturated carbocycles. The highest BCUT2D eigenvalue weighted by Gasteiger charge is 2.23. The van der Waals surface area contributed by atoms with E-state index in [1.807, 2.05) is 18.2 Å². The van der Waals surface area contributed by atoms with Crippen molar-refractivity contribution in [1.82, 2.24) is 0 Å². The van der Waals surface area contributed by atoms with Crippen LogP contribution in [0.5, 0.6) is 0 Å². The van der Waals surface area contributed by atoms with Crippen molar-refractivity contribution in [2.75, 3.05) is 0 Å². The number of nitriles is 1. The first-order valence-corrected chi connectivity index (χ1v) is 4.56. The molecular weight excluding hydrogens is 160 g/mol. The van der Waals surface area contributed by atoms with Crippen LogP contribution in [-0.2, 0) is 0 Å². The van der Waals surface area contributed by atoms with E-state index in [-0.39, 0.29) is 0 Å². The highest BCUT2D eigenvalue weighted by Crippen LogP contribution is 2.40. The van der Waals surface area contributed by atoms with Crippen LogP contribution in [0.1, 0.15) is 35.9 Å². The lowest BCUT2D eigenvalue weighted by atomic mass is 10.0. The van der Waals surface area contributed by atoms with Gasteiger partial charge in [0.15, 0.2) is 0 Å². The van der Waals surface area contributed by atoms with Gasteiger partial charge >= 0.3 is 0 Å². The molecule has 1 aliphatic carbocycles. The van der Waals surface area contributed by atoms with Gasteiger partial charge in [-0.15, -0.1) is 0 Å². The molecule has 2 heteroatoms. The predicted molar refractivity (Wildman–Crippen MR) is 51.0 cm³/mol. The lowest BCUT2D eigenvalue weighted by molar-refractivity contribution is 0.919. The van der Waals surface area contributed by atoms with Gasteiger partial charge in [-0.3, -0.25) is 0 Å². The van der Waals surface area contributed by atoms with Crippen LogP contribution in [0.3, 0.4) is 0 Å². The molecular formula is C11H12N2. The molecule has 2 nitrogen and oxygen atoms in total. The highest BCUT2D eigenvalue weighted by molar-refractivity contribution is 5.32.